The van der Waals surface area contributed by atoms with Crippen molar-refractivity contribution in [2.24, 2.45) is 0 Å². The molecule has 108 valence electrons. The van der Waals surface area contributed by atoms with Crippen LogP contribution in [0.4, 0.5) is 9.18 Å². The first-order chi connectivity index (χ1) is 9.65. The summed E-state index contributed by atoms with van der Waals surface area (Å²) in [5.41, 5.74) is 0.799. The summed E-state index contributed by atoms with van der Waals surface area (Å²) in [4.78, 5) is 25.0. The molecule has 0 unspecified atom stereocenters. The van der Waals surface area contributed by atoms with E-state index in [4.69, 9.17) is 0 Å². The quantitative estimate of drug-likeness (QED) is 0.871. The number of hydrogen-bond acceptors (Lipinski definition) is 2. The van der Waals surface area contributed by atoms with Crippen LogP contribution in [0.15, 0.2) is 24.3 Å². The normalized spacial score (nSPS) is 14.2. The van der Waals surface area contributed by atoms with Crippen LogP contribution in [0.1, 0.15) is 18.4 Å². The minimum Gasteiger partial charge on any atom is -0.341 e. The van der Waals surface area contributed by atoms with Crippen molar-refractivity contribution in [3.8, 4) is 0 Å². The molecule has 0 aromatic heterocycles. The van der Waals surface area contributed by atoms with Crippen molar-refractivity contribution in [3.63, 3.8) is 0 Å². The lowest BCUT2D eigenvalue weighted by atomic mass is 10.2. The SMILES string of the molecule is O=C(NCC(=O)N1CCCC1)NCc1ccc(F)cc1. The standard InChI is InChI=1S/C14H18FN3O2/c15-12-5-3-11(4-6-12)9-16-14(20)17-10-13(19)18-7-1-2-8-18/h3-6H,1-2,7-10H2,(H2,16,17,20). The molecule has 0 saturated carbocycles. The molecule has 5 nitrogen and oxygen atoms in total. The number of nitrogens with zero attached hydrogens (tertiary/aromatic N) is 1. The van der Waals surface area contributed by atoms with Crippen molar-refractivity contribution in [1.82, 2.24) is 15.5 Å². The number of benzene rings is 1. The zero-order valence-electron chi connectivity index (χ0n) is 11.2. The molecule has 0 spiro atoms. The number of carbonyl (C=O) groups is 2. The zero-order chi connectivity index (χ0) is 14.4. The predicted molar refractivity (Wildman–Crippen MR) is 72.5 cm³/mol. The minimum absolute atomic E-state index is 0.00918. The third kappa shape index (κ3) is 4.22. The number of nitrogens with one attached hydrogen (secondary N) is 2. The van der Waals surface area contributed by atoms with Gasteiger partial charge in [-0.25, -0.2) is 9.18 Å². The summed E-state index contributed by atoms with van der Waals surface area (Å²) >= 11 is 0. The second-order valence-corrected chi connectivity index (χ2v) is 4.75. The Morgan fingerprint density at radius 1 is 1.10 bits per heavy atom. The van der Waals surface area contributed by atoms with E-state index in [0.717, 1.165) is 31.5 Å². The highest BCUT2D eigenvalue weighted by Gasteiger charge is 2.17. The van der Waals surface area contributed by atoms with Crippen LogP contribution in [0.25, 0.3) is 0 Å². The average molecular weight is 279 g/mol. The van der Waals surface area contributed by atoms with E-state index in [0.29, 0.717) is 6.54 Å². The number of carbonyl (C=O) groups excluding carboxylic acids is 2. The first kappa shape index (κ1) is 14.3. The molecule has 0 bridgehead atoms. The Hall–Kier alpha value is -2.11. The second kappa shape index (κ2) is 6.88. The molecule has 1 aliphatic rings. The summed E-state index contributed by atoms with van der Waals surface area (Å²) in [6.45, 7) is 1.86. The van der Waals surface area contributed by atoms with Gasteiger partial charge in [0.05, 0.1) is 6.54 Å². The van der Waals surface area contributed by atoms with E-state index in [9.17, 15) is 14.0 Å². The number of amides is 3. The van der Waals surface area contributed by atoms with Crippen LogP contribution in [0.5, 0.6) is 0 Å². The highest BCUT2D eigenvalue weighted by molar-refractivity contribution is 5.84. The molecule has 1 aromatic rings. The molecule has 20 heavy (non-hydrogen) atoms. The van der Waals surface area contributed by atoms with Crippen molar-refractivity contribution in [2.45, 2.75) is 19.4 Å². The Balaban J connectivity index is 1.67. The fourth-order valence-electron chi connectivity index (χ4n) is 2.08. The molecular formula is C14H18FN3O2. The Morgan fingerprint density at radius 3 is 2.40 bits per heavy atom. The van der Waals surface area contributed by atoms with E-state index in [2.05, 4.69) is 10.6 Å². The first-order valence-electron chi connectivity index (χ1n) is 6.69. The molecule has 0 aliphatic carbocycles. The Morgan fingerprint density at radius 2 is 1.75 bits per heavy atom. The first-order valence-corrected chi connectivity index (χ1v) is 6.69. The van der Waals surface area contributed by atoms with Gasteiger partial charge in [-0.1, -0.05) is 12.1 Å². The largest absolute Gasteiger partial charge is 0.341 e. The van der Waals surface area contributed by atoms with Crippen molar-refractivity contribution in [1.29, 1.82) is 0 Å². The molecule has 0 atom stereocenters. The monoisotopic (exact) mass is 279 g/mol. The molecule has 1 saturated heterocycles. The fourth-order valence-corrected chi connectivity index (χ4v) is 2.08. The molecule has 2 rings (SSSR count). The molecule has 1 aromatic carbocycles. The van der Waals surface area contributed by atoms with E-state index < -0.39 is 6.03 Å². The summed E-state index contributed by atoms with van der Waals surface area (Å²) in [5.74, 6) is -0.367. The molecule has 1 aliphatic heterocycles. The van der Waals surface area contributed by atoms with Crippen LogP contribution in [0.2, 0.25) is 0 Å². The van der Waals surface area contributed by atoms with Crippen LogP contribution < -0.4 is 10.6 Å². The van der Waals surface area contributed by atoms with Crippen LogP contribution in [0.3, 0.4) is 0 Å². The van der Waals surface area contributed by atoms with Crippen molar-refractivity contribution in [2.75, 3.05) is 19.6 Å². The third-order valence-corrected chi connectivity index (χ3v) is 3.23. The molecule has 1 fully saturated rings. The van der Waals surface area contributed by atoms with Gasteiger partial charge in [-0.15, -0.1) is 0 Å². The summed E-state index contributed by atoms with van der Waals surface area (Å²) in [6.07, 6.45) is 2.06. The lowest BCUT2D eigenvalue weighted by molar-refractivity contribution is -0.128. The van der Waals surface area contributed by atoms with Crippen LogP contribution in [0, 0.1) is 5.82 Å². The third-order valence-electron chi connectivity index (χ3n) is 3.23. The van der Waals surface area contributed by atoms with E-state index in [1.165, 1.54) is 12.1 Å². The topological polar surface area (TPSA) is 61.4 Å². The maximum absolute atomic E-state index is 12.7. The summed E-state index contributed by atoms with van der Waals surface area (Å²) in [6, 6.07) is 5.48. The summed E-state index contributed by atoms with van der Waals surface area (Å²) in [5, 5.41) is 5.15. The van der Waals surface area contributed by atoms with E-state index in [1.54, 1.807) is 17.0 Å². The lowest BCUT2D eigenvalue weighted by Gasteiger charge is -2.15. The Kier molecular flexibility index (Phi) is 4.92. The van der Waals surface area contributed by atoms with Gasteiger partial charge >= 0.3 is 6.03 Å². The summed E-state index contributed by atoms with van der Waals surface area (Å²) < 4.78 is 12.7. The Labute approximate surface area is 117 Å². The average Bonchev–Trinajstić information content (AvgIpc) is 2.98. The molecule has 2 N–H and O–H groups in total. The number of urea groups is 1. The highest BCUT2D eigenvalue weighted by Crippen LogP contribution is 2.06. The molecule has 0 radical (unpaired) electrons. The second-order valence-electron chi connectivity index (χ2n) is 4.75. The molecule has 6 heteroatoms. The molecule has 1 heterocycles. The Bertz CT molecular complexity index is 470. The fraction of sp³-hybridized carbons (Fsp3) is 0.429. The van der Waals surface area contributed by atoms with Crippen LogP contribution in [-0.2, 0) is 11.3 Å². The van der Waals surface area contributed by atoms with Gasteiger partial charge in [-0.3, -0.25) is 4.79 Å². The molecular weight excluding hydrogens is 261 g/mol. The lowest BCUT2D eigenvalue weighted by Crippen LogP contribution is -2.42. The smallest absolute Gasteiger partial charge is 0.315 e. The molecule has 3 amide bonds. The maximum atomic E-state index is 12.7. The maximum Gasteiger partial charge on any atom is 0.315 e. The van der Waals surface area contributed by atoms with Crippen LogP contribution in [-0.4, -0.2) is 36.5 Å². The predicted octanol–water partition coefficient (Wildman–Crippen LogP) is 1.25. The van der Waals surface area contributed by atoms with E-state index in [-0.39, 0.29) is 18.3 Å². The van der Waals surface area contributed by atoms with Crippen molar-refractivity contribution >= 4 is 11.9 Å². The number of hydrogen-bond donors (Lipinski definition) is 2. The van der Waals surface area contributed by atoms with Gasteiger partial charge in [-0.05, 0) is 30.5 Å². The van der Waals surface area contributed by atoms with Crippen LogP contribution >= 0.6 is 0 Å². The van der Waals surface area contributed by atoms with Gasteiger partial charge < -0.3 is 15.5 Å². The van der Waals surface area contributed by atoms with Gasteiger partial charge in [0.15, 0.2) is 0 Å². The number of likely N-dealkylation sites (tertiary alicyclic amines) is 1. The highest BCUT2D eigenvalue weighted by atomic mass is 19.1. The van der Waals surface area contributed by atoms with Gasteiger partial charge in [-0.2, -0.15) is 0 Å². The number of rotatable bonds is 4. The van der Waals surface area contributed by atoms with Crippen molar-refractivity contribution < 1.29 is 14.0 Å². The number of halogens is 1. The van der Waals surface area contributed by atoms with E-state index in [1.807, 2.05) is 0 Å². The van der Waals surface area contributed by atoms with Gasteiger partial charge in [0.25, 0.3) is 0 Å². The van der Waals surface area contributed by atoms with E-state index >= 15 is 0 Å². The van der Waals surface area contributed by atoms with Gasteiger partial charge in [0.1, 0.15) is 5.82 Å². The van der Waals surface area contributed by atoms with Gasteiger partial charge in [0, 0.05) is 19.6 Å². The summed E-state index contributed by atoms with van der Waals surface area (Å²) in [7, 11) is 0. The zero-order valence-corrected chi connectivity index (χ0v) is 11.2. The van der Waals surface area contributed by atoms with Gasteiger partial charge in [0.2, 0.25) is 5.91 Å². The van der Waals surface area contributed by atoms with Crippen molar-refractivity contribution in [3.05, 3.63) is 35.6 Å². The minimum atomic E-state index is -0.401.